The highest BCUT2D eigenvalue weighted by Crippen LogP contribution is 2.13. The Morgan fingerprint density at radius 3 is 2.77 bits per heavy atom. The molecular formula is C16H23N3O3. The van der Waals surface area contributed by atoms with E-state index in [1.807, 2.05) is 13.8 Å². The van der Waals surface area contributed by atoms with Crippen molar-refractivity contribution < 1.29 is 14.3 Å². The molecule has 0 spiro atoms. The molecule has 1 aromatic rings. The van der Waals surface area contributed by atoms with Gasteiger partial charge < -0.3 is 20.3 Å². The fraction of sp³-hybridized carbons (Fsp3) is 0.500. The Kier molecular flexibility index (Phi) is 5.91. The van der Waals surface area contributed by atoms with Crippen LogP contribution in [-0.2, 0) is 9.53 Å². The number of carbonyl (C=O) groups is 2. The minimum atomic E-state index is -0.351. The van der Waals surface area contributed by atoms with E-state index in [4.69, 9.17) is 4.74 Å². The number of amides is 2. The summed E-state index contributed by atoms with van der Waals surface area (Å²) in [6.07, 6.45) is 0. The van der Waals surface area contributed by atoms with Crippen molar-refractivity contribution in [2.24, 2.45) is 0 Å². The van der Waals surface area contributed by atoms with Gasteiger partial charge in [-0.25, -0.2) is 0 Å². The molecule has 0 aromatic heterocycles. The Morgan fingerprint density at radius 1 is 1.36 bits per heavy atom. The SMILES string of the molecule is CCN(CC)C(=O)c1cccc(NC(=O)C2COCCN2)c1. The van der Waals surface area contributed by atoms with Gasteiger partial charge in [0.15, 0.2) is 0 Å². The zero-order valence-electron chi connectivity index (χ0n) is 13.1. The Morgan fingerprint density at radius 2 is 2.14 bits per heavy atom. The van der Waals surface area contributed by atoms with Crippen LogP contribution in [-0.4, -0.2) is 55.6 Å². The minimum Gasteiger partial charge on any atom is -0.378 e. The summed E-state index contributed by atoms with van der Waals surface area (Å²) in [5, 5.41) is 5.93. The van der Waals surface area contributed by atoms with Crippen LogP contribution in [0.2, 0.25) is 0 Å². The van der Waals surface area contributed by atoms with Crippen LogP contribution in [0.25, 0.3) is 0 Å². The topological polar surface area (TPSA) is 70.7 Å². The summed E-state index contributed by atoms with van der Waals surface area (Å²) in [5.74, 6) is -0.174. The summed E-state index contributed by atoms with van der Waals surface area (Å²) in [6, 6.07) is 6.68. The van der Waals surface area contributed by atoms with E-state index in [9.17, 15) is 9.59 Å². The molecule has 1 atom stereocenters. The number of rotatable bonds is 5. The minimum absolute atomic E-state index is 0.0276. The van der Waals surface area contributed by atoms with Crippen LogP contribution in [0.3, 0.4) is 0 Å². The highest BCUT2D eigenvalue weighted by atomic mass is 16.5. The first-order valence-electron chi connectivity index (χ1n) is 7.67. The fourth-order valence-corrected chi connectivity index (χ4v) is 2.39. The molecule has 0 saturated carbocycles. The van der Waals surface area contributed by atoms with Gasteiger partial charge in [-0.2, -0.15) is 0 Å². The molecule has 1 aliphatic rings. The third-order valence-electron chi connectivity index (χ3n) is 3.67. The fourth-order valence-electron chi connectivity index (χ4n) is 2.39. The van der Waals surface area contributed by atoms with Crippen molar-refractivity contribution in [3.63, 3.8) is 0 Å². The van der Waals surface area contributed by atoms with Gasteiger partial charge in [0.05, 0.1) is 13.2 Å². The maximum absolute atomic E-state index is 12.3. The van der Waals surface area contributed by atoms with Crippen LogP contribution in [0, 0.1) is 0 Å². The average molecular weight is 305 g/mol. The molecule has 2 amide bonds. The molecule has 1 saturated heterocycles. The molecule has 1 unspecified atom stereocenters. The Bertz CT molecular complexity index is 523. The molecule has 2 rings (SSSR count). The van der Waals surface area contributed by atoms with Crippen LogP contribution in [0.4, 0.5) is 5.69 Å². The first-order chi connectivity index (χ1) is 10.7. The van der Waals surface area contributed by atoms with Gasteiger partial charge in [-0.05, 0) is 32.0 Å². The smallest absolute Gasteiger partial charge is 0.253 e. The molecule has 1 aromatic carbocycles. The van der Waals surface area contributed by atoms with Crippen molar-refractivity contribution >= 4 is 17.5 Å². The molecule has 0 radical (unpaired) electrons. The van der Waals surface area contributed by atoms with Gasteiger partial charge in [-0.3, -0.25) is 9.59 Å². The van der Waals surface area contributed by atoms with E-state index in [0.29, 0.717) is 44.1 Å². The number of nitrogens with zero attached hydrogens (tertiary/aromatic N) is 1. The standard InChI is InChI=1S/C16H23N3O3/c1-3-19(4-2)16(21)12-6-5-7-13(10-12)18-15(20)14-11-22-9-8-17-14/h5-7,10,14,17H,3-4,8-9,11H2,1-2H3,(H,18,20). The average Bonchev–Trinajstić information content (AvgIpc) is 2.57. The van der Waals surface area contributed by atoms with Crippen molar-refractivity contribution in [3.8, 4) is 0 Å². The second kappa shape index (κ2) is 7.91. The van der Waals surface area contributed by atoms with Crippen molar-refractivity contribution in [1.29, 1.82) is 0 Å². The molecule has 120 valence electrons. The number of hydrogen-bond acceptors (Lipinski definition) is 4. The maximum atomic E-state index is 12.3. The van der Waals surface area contributed by atoms with E-state index in [2.05, 4.69) is 10.6 Å². The molecule has 22 heavy (non-hydrogen) atoms. The summed E-state index contributed by atoms with van der Waals surface area (Å²) in [5.41, 5.74) is 1.20. The highest BCUT2D eigenvalue weighted by Gasteiger charge is 2.21. The number of anilines is 1. The lowest BCUT2D eigenvalue weighted by Gasteiger charge is -2.23. The summed E-state index contributed by atoms with van der Waals surface area (Å²) in [4.78, 5) is 26.2. The van der Waals surface area contributed by atoms with E-state index in [1.54, 1.807) is 29.2 Å². The second-order valence-electron chi connectivity index (χ2n) is 5.13. The lowest BCUT2D eigenvalue weighted by Crippen LogP contribution is -2.48. The van der Waals surface area contributed by atoms with Crippen LogP contribution in [0.5, 0.6) is 0 Å². The molecule has 2 N–H and O–H groups in total. The number of nitrogens with one attached hydrogen (secondary N) is 2. The monoisotopic (exact) mass is 305 g/mol. The molecule has 1 heterocycles. The molecule has 1 fully saturated rings. The van der Waals surface area contributed by atoms with E-state index < -0.39 is 0 Å². The number of carbonyl (C=O) groups excluding carboxylic acids is 2. The van der Waals surface area contributed by atoms with Gasteiger partial charge in [0.25, 0.3) is 5.91 Å². The Hall–Kier alpha value is -1.92. The number of benzene rings is 1. The lowest BCUT2D eigenvalue weighted by atomic mass is 10.1. The third-order valence-corrected chi connectivity index (χ3v) is 3.67. The van der Waals surface area contributed by atoms with E-state index in [0.717, 1.165) is 0 Å². The Labute approximate surface area is 130 Å². The Balaban J connectivity index is 2.04. The number of ether oxygens (including phenoxy) is 1. The van der Waals surface area contributed by atoms with Gasteiger partial charge in [0.2, 0.25) is 5.91 Å². The highest BCUT2D eigenvalue weighted by molar-refractivity contribution is 5.98. The zero-order valence-corrected chi connectivity index (χ0v) is 13.1. The summed E-state index contributed by atoms with van der Waals surface area (Å²) >= 11 is 0. The quantitative estimate of drug-likeness (QED) is 0.854. The number of morpholine rings is 1. The van der Waals surface area contributed by atoms with Gasteiger partial charge in [0.1, 0.15) is 6.04 Å². The van der Waals surface area contributed by atoms with E-state index in [-0.39, 0.29) is 17.9 Å². The van der Waals surface area contributed by atoms with Crippen molar-refractivity contribution in [2.75, 3.05) is 38.2 Å². The number of hydrogen-bond donors (Lipinski definition) is 2. The summed E-state index contributed by atoms with van der Waals surface area (Å²) < 4.78 is 5.28. The maximum Gasteiger partial charge on any atom is 0.253 e. The van der Waals surface area contributed by atoms with Crippen LogP contribution < -0.4 is 10.6 Å². The van der Waals surface area contributed by atoms with E-state index >= 15 is 0 Å². The molecule has 0 aliphatic carbocycles. The third kappa shape index (κ3) is 4.05. The largest absolute Gasteiger partial charge is 0.378 e. The van der Waals surface area contributed by atoms with Gasteiger partial charge in [-0.15, -0.1) is 0 Å². The zero-order chi connectivity index (χ0) is 15.9. The van der Waals surface area contributed by atoms with Crippen LogP contribution in [0.1, 0.15) is 24.2 Å². The van der Waals surface area contributed by atoms with Gasteiger partial charge >= 0.3 is 0 Å². The van der Waals surface area contributed by atoms with Crippen LogP contribution in [0.15, 0.2) is 24.3 Å². The predicted molar refractivity (Wildman–Crippen MR) is 84.9 cm³/mol. The molecule has 6 heteroatoms. The van der Waals surface area contributed by atoms with Crippen molar-refractivity contribution in [2.45, 2.75) is 19.9 Å². The first-order valence-corrected chi connectivity index (χ1v) is 7.67. The van der Waals surface area contributed by atoms with Crippen molar-refractivity contribution in [1.82, 2.24) is 10.2 Å². The molecular weight excluding hydrogens is 282 g/mol. The second-order valence-corrected chi connectivity index (χ2v) is 5.13. The normalized spacial score (nSPS) is 17.8. The van der Waals surface area contributed by atoms with Crippen LogP contribution >= 0.6 is 0 Å². The predicted octanol–water partition coefficient (Wildman–Crippen LogP) is 1.10. The molecule has 0 bridgehead atoms. The van der Waals surface area contributed by atoms with Gasteiger partial charge in [-0.1, -0.05) is 6.07 Å². The molecule has 6 nitrogen and oxygen atoms in total. The summed E-state index contributed by atoms with van der Waals surface area (Å²) in [6.45, 7) is 6.87. The van der Waals surface area contributed by atoms with Crippen molar-refractivity contribution in [3.05, 3.63) is 29.8 Å². The summed E-state index contributed by atoms with van der Waals surface area (Å²) in [7, 11) is 0. The van der Waals surface area contributed by atoms with E-state index in [1.165, 1.54) is 0 Å². The van der Waals surface area contributed by atoms with Gasteiger partial charge in [0, 0.05) is 30.9 Å². The molecule has 1 aliphatic heterocycles. The first kappa shape index (κ1) is 16.5. The lowest BCUT2D eigenvalue weighted by molar-refractivity contribution is -0.120.